The largest absolute Gasteiger partial charge is 0.368 e. The van der Waals surface area contributed by atoms with Crippen molar-refractivity contribution >= 4 is 5.91 Å². The Labute approximate surface area is 89.7 Å². The van der Waals surface area contributed by atoms with Crippen LogP contribution in [0.3, 0.4) is 0 Å². The molecule has 0 spiro atoms. The molecule has 0 aromatic carbocycles. The molecule has 5 nitrogen and oxygen atoms in total. The molecule has 1 rings (SSSR count). The number of aromatic nitrogens is 2. The lowest BCUT2D eigenvalue weighted by Crippen LogP contribution is -2.28. The molecule has 84 valence electrons. The van der Waals surface area contributed by atoms with Crippen LogP contribution in [0.4, 0.5) is 0 Å². The Morgan fingerprint density at radius 1 is 1.67 bits per heavy atom. The highest BCUT2D eigenvalue weighted by molar-refractivity contribution is 5.78. The summed E-state index contributed by atoms with van der Waals surface area (Å²) in [6, 6.07) is -0.291. The van der Waals surface area contributed by atoms with Crippen molar-refractivity contribution in [2.45, 2.75) is 32.9 Å². The Kier molecular flexibility index (Phi) is 4.30. The van der Waals surface area contributed by atoms with Crippen molar-refractivity contribution in [1.82, 2.24) is 14.9 Å². The van der Waals surface area contributed by atoms with Gasteiger partial charge in [0.05, 0.1) is 6.54 Å². The van der Waals surface area contributed by atoms with Gasteiger partial charge in [0.15, 0.2) is 0 Å². The van der Waals surface area contributed by atoms with Gasteiger partial charge in [0.2, 0.25) is 5.91 Å². The molecular weight excluding hydrogens is 192 g/mol. The minimum absolute atomic E-state index is 0.291. The summed E-state index contributed by atoms with van der Waals surface area (Å²) in [5.41, 5.74) is 5.33. The van der Waals surface area contributed by atoms with Crippen molar-refractivity contribution in [1.29, 1.82) is 0 Å². The fourth-order valence-corrected chi connectivity index (χ4v) is 1.54. The third kappa shape index (κ3) is 2.79. The number of carbonyl (C=O) groups is 1. The normalized spacial score (nSPS) is 12.7. The van der Waals surface area contributed by atoms with Crippen LogP contribution in [0.2, 0.25) is 0 Å². The van der Waals surface area contributed by atoms with E-state index in [1.54, 1.807) is 12.4 Å². The third-order valence-electron chi connectivity index (χ3n) is 2.33. The molecule has 1 aromatic heterocycles. The van der Waals surface area contributed by atoms with Gasteiger partial charge in [-0.1, -0.05) is 13.8 Å². The summed E-state index contributed by atoms with van der Waals surface area (Å²) in [5, 5.41) is 3.17. The standard InChI is InChI=1S/C10H18N4O/c1-3-8(10(11)15)14-6-5-13-9(14)7-12-4-2/h5-6,8,12H,3-4,7H2,1-2H3,(H2,11,15). The average Bonchev–Trinajstić information content (AvgIpc) is 2.64. The molecule has 0 fully saturated rings. The molecular formula is C10H18N4O. The van der Waals surface area contributed by atoms with Crippen molar-refractivity contribution in [3.63, 3.8) is 0 Å². The molecule has 1 aromatic rings. The first kappa shape index (κ1) is 11.7. The zero-order chi connectivity index (χ0) is 11.3. The van der Waals surface area contributed by atoms with E-state index in [0.29, 0.717) is 13.0 Å². The monoisotopic (exact) mass is 210 g/mol. The Hall–Kier alpha value is -1.36. The summed E-state index contributed by atoms with van der Waals surface area (Å²) in [4.78, 5) is 15.4. The van der Waals surface area contributed by atoms with Gasteiger partial charge in [0.1, 0.15) is 11.9 Å². The molecule has 0 saturated carbocycles. The molecule has 15 heavy (non-hydrogen) atoms. The lowest BCUT2D eigenvalue weighted by molar-refractivity contribution is -0.121. The van der Waals surface area contributed by atoms with Crippen LogP contribution < -0.4 is 11.1 Å². The summed E-state index contributed by atoms with van der Waals surface area (Å²) in [6.07, 6.45) is 4.18. The number of nitrogens with zero attached hydrogens (tertiary/aromatic N) is 2. The topological polar surface area (TPSA) is 72.9 Å². The van der Waals surface area contributed by atoms with Crippen LogP contribution in [0.5, 0.6) is 0 Å². The molecule has 0 aliphatic heterocycles. The first-order valence-electron chi connectivity index (χ1n) is 5.22. The quantitative estimate of drug-likeness (QED) is 0.715. The minimum atomic E-state index is -0.312. The predicted octanol–water partition coefficient (Wildman–Crippen LogP) is 0.429. The first-order valence-corrected chi connectivity index (χ1v) is 5.22. The number of amides is 1. The van der Waals surface area contributed by atoms with Gasteiger partial charge in [-0.15, -0.1) is 0 Å². The zero-order valence-corrected chi connectivity index (χ0v) is 9.23. The number of nitrogens with one attached hydrogen (secondary N) is 1. The second-order valence-electron chi connectivity index (χ2n) is 3.36. The molecule has 0 radical (unpaired) electrons. The van der Waals surface area contributed by atoms with Gasteiger partial charge in [-0.25, -0.2) is 4.98 Å². The van der Waals surface area contributed by atoms with Crippen LogP contribution in [0, 0.1) is 0 Å². The van der Waals surface area contributed by atoms with Gasteiger partial charge in [-0.2, -0.15) is 0 Å². The van der Waals surface area contributed by atoms with Gasteiger partial charge in [0, 0.05) is 12.4 Å². The smallest absolute Gasteiger partial charge is 0.240 e. The number of nitrogens with two attached hydrogens (primary N) is 1. The number of hydrogen-bond donors (Lipinski definition) is 2. The summed E-state index contributed by atoms with van der Waals surface area (Å²) in [6.45, 7) is 5.50. The number of rotatable bonds is 6. The van der Waals surface area contributed by atoms with Crippen molar-refractivity contribution in [2.75, 3.05) is 6.54 Å². The molecule has 1 atom stereocenters. The van der Waals surface area contributed by atoms with Crippen LogP contribution >= 0.6 is 0 Å². The molecule has 0 aliphatic carbocycles. The van der Waals surface area contributed by atoms with E-state index in [1.807, 2.05) is 18.4 Å². The summed E-state index contributed by atoms with van der Waals surface area (Å²) < 4.78 is 1.84. The van der Waals surface area contributed by atoms with Crippen LogP contribution in [0.25, 0.3) is 0 Å². The van der Waals surface area contributed by atoms with Gasteiger partial charge in [-0.05, 0) is 13.0 Å². The Balaban J connectivity index is 2.82. The van der Waals surface area contributed by atoms with Gasteiger partial charge < -0.3 is 15.6 Å². The predicted molar refractivity (Wildman–Crippen MR) is 58.1 cm³/mol. The molecule has 5 heteroatoms. The molecule has 3 N–H and O–H groups in total. The van der Waals surface area contributed by atoms with Gasteiger partial charge in [-0.3, -0.25) is 4.79 Å². The Morgan fingerprint density at radius 2 is 2.40 bits per heavy atom. The summed E-state index contributed by atoms with van der Waals surface area (Å²) >= 11 is 0. The molecule has 0 saturated heterocycles. The maximum Gasteiger partial charge on any atom is 0.240 e. The SMILES string of the molecule is CCNCc1nccn1C(CC)C(N)=O. The second-order valence-corrected chi connectivity index (χ2v) is 3.36. The molecule has 1 heterocycles. The van der Waals surface area contributed by atoms with Crippen molar-refractivity contribution in [2.24, 2.45) is 5.73 Å². The Morgan fingerprint density at radius 3 is 2.93 bits per heavy atom. The highest BCUT2D eigenvalue weighted by Gasteiger charge is 2.17. The lowest BCUT2D eigenvalue weighted by atomic mass is 10.2. The van der Waals surface area contributed by atoms with Crippen LogP contribution in [0.1, 0.15) is 32.1 Å². The molecule has 0 bridgehead atoms. The fourth-order valence-electron chi connectivity index (χ4n) is 1.54. The van der Waals surface area contributed by atoms with E-state index in [-0.39, 0.29) is 11.9 Å². The van der Waals surface area contributed by atoms with E-state index in [1.165, 1.54) is 0 Å². The van der Waals surface area contributed by atoms with E-state index in [0.717, 1.165) is 12.4 Å². The summed E-state index contributed by atoms with van der Waals surface area (Å²) in [7, 11) is 0. The van der Waals surface area contributed by atoms with E-state index in [4.69, 9.17) is 5.73 Å². The summed E-state index contributed by atoms with van der Waals surface area (Å²) in [5.74, 6) is 0.538. The van der Waals surface area contributed by atoms with Crippen LogP contribution in [-0.2, 0) is 11.3 Å². The molecule has 1 amide bonds. The fraction of sp³-hybridized carbons (Fsp3) is 0.600. The Bertz CT molecular complexity index is 321. The van der Waals surface area contributed by atoms with E-state index in [2.05, 4.69) is 10.3 Å². The zero-order valence-electron chi connectivity index (χ0n) is 9.23. The van der Waals surface area contributed by atoms with E-state index >= 15 is 0 Å². The van der Waals surface area contributed by atoms with Crippen molar-refractivity contribution < 1.29 is 4.79 Å². The minimum Gasteiger partial charge on any atom is -0.368 e. The maximum atomic E-state index is 11.2. The highest BCUT2D eigenvalue weighted by atomic mass is 16.1. The highest BCUT2D eigenvalue weighted by Crippen LogP contribution is 2.12. The number of hydrogen-bond acceptors (Lipinski definition) is 3. The second kappa shape index (κ2) is 5.50. The number of carbonyl (C=O) groups excluding carboxylic acids is 1. The number of imidazole rings is 1. The first-order chi connectivity index (χ1) is 7.20. The van der Waals surface area contributed by atoms with Crippen molar-refractivity contribution in [3.05, 3.63) is 18.2 Å². The number of primary amides is 1. The van der Waals surface area contributed by atoms with Gasteiger partial charge in [0.25, 0.3) is 0 Å². The van der Waals surface area contributed by atoms with Crippen LogP contribution in [0.15, 0.2) is 12.4 Å². The van der Waals surface area contributed by atoms with Gasteiger partial charge >= 0.3 is 0 Å². The molecule has 1 unspecified atom stereocenters. The lowest BCUT2D eigenvalue weighted by Gasteiger charge is -2.15. The van der Waals surface area contributed by atoms with Crippen molar-refractivity contribution in [3.8, 4) is 0 Å². The molecule has 0 aliphatic rings. The average molecular weight is 210 g/mol. The third-order valence-corrected chi connectivity index (χ3v) is 2.33. The van der Waals surface area contributed by atoms with E-state index < -0.39 is 0 Å². The maximum absolute atomic E-state index is 11.2. The van der Waals surface area contributed by atoms with E-state index in [9.17, 15) is 4.79 Å². The van der Waals surface area contributed by atoms with Crippen LogP contribution in [-0.4, -0.2) is 22.0 Å².